The number of ketones is 1. The highest BCUT2D eigenvalue weighted by molar-refractivity contribution is 7.89. The lowest BCUT2D eigenvalue weighted by molar-refractivity contribution is -0.137. The van der Waals surface area contributed by atoms with Crippen molar-refractivity contribution in [3.63, 3.8) is 0 Å². The van der Waals surface area contributed by atoms with Crippen molar-refractivity contribution in [3.8, 4) is 11.3 Å². The Morgan fingerprint density at radius 3 is 2.47 bits per heavy atom. The summed E-state index contributed by atoms with van der Waals surface area (Å²) in [6, 6.07) is 13.8. The molecule has 0 saturated carbocycles. The molecule has 0 unspecified atom stereocenters. The van der Waals surface area contributed by atoms with E-state index in [4.69, 9.17) is 4.42 Å². The zero-order chi connectivity index (χ0) is 25.5. The van der Waals surface area contributed by atoms with Gasteiger partial charge >= 0.3 is 6.18 Å². The van der Waals surface area contributed by atoms with Crippen molar-refractivity contribution in [2.45, 2.75) is 36.6 Å². The van der Waals surface area contributed by atoms with Gasteiger partial charge in [-0.05, 0) is 37.1 Å². The molecule has 0 amide bonds. The minimum atomic E-state index is -4.43. The van der Waals surface area contributed by atoms with Crippen LogP contribution in [0.4, 0.5) is 13.2 Å². The summed E-state index contributed by atoms with van der Waals surface area (Å²) in [6.45, 7) is 0.224. The number of aromatic nitrogens is 2. The Morgan fingerprint density at radius 1 is 1.06 bits per heavy atom. The molecule has 1 atom stereocenters. The first-order valence-electron chi connectivity index (χ1n) is 11.1. The van der Waals surface area contributed by atoms with Crippen LogP contribution in [0.1, 0.15) is 24.1 Å². The summed E-state index contributed by atoms with van der Waals surface area (Å²) in [5.41, 5.74) is 1.14. The van der Waals surface area contributed by atoms with Crippen molar-refractivity contribution in [3.05, 3.63) is 78.2 Å². The Kier molecular flexibility index (Phi) is 6.13. The third-order valence-electron chi connectivity index (χ3n) is 6.17. The number of carbonyl (C=O) groups is 1. The summed E-state index contributed by atoms with van der Waals surface area (Å²) in [4.78, 5) is 21.1. The van der Waals surface area contributed by atoms with E-state index < -0.39 is 27.8 Å². The van der Waals surface area contributed by atoms with Crippen LogP contribution < -0.4 is 0 Å². The van der Waals surface area contributed by atoms with E-state index >= 15 is 0 Å². The molecule has 0 bridgehead atoms. The maximum Gasteiger partial charge on any atom is 0.416 e. The van der Waals surface area contributed by atoms with Crippen LogP contribution in [-0.4, -0.2) is 41.1 Å². The number of alkyl halides is 3. The normalized spacial score (nSPS) is 16.7. The molecule has 1 saturated heterocycles. The number of Topliss-reactive ketones (excluding diaryl/α,β-unsaturated/α-hetero) is 1. The highest BCUT2D eigenvalue weighted by Crippen LogP contribution is 2.32. The Bertz CT molecular complexity index is 1500. The topological polar surface area (TPSA) is 93.4 Å². The first kappa shape index (κ1) is 24.1. The second-order valence-electron chi connectivity index (χ2n) is 8.46. The standard InChI is InChI=1S/C25H20F3N3O4S/c26-25(27,28)18-7-5-16(6-8-18)20-14-19(29-15-30-20)9-10-22(32)21-11-12-31(21)36(33,34)24-13-17-3-1-2-4-23(17)35-24/h1-8,13-15,21H,9-12H2/t21-/m0/s1. The molecule has 2 aromatic carbocycles. The van der Waals surface area contributed by atoms with Crippen LogP contribution in [0.5, 0.6) is 0 Å². The van der Waals surface area contributed by atoms with Gasteiger partial charge in [0.2, 0.25) is 5.09 Å². The number of furan rings is 1. The molecule has 0 spiro atoms. The number of nitrogens with zero attached hydrogens (tertiary/aromatic N) is 3. The smallest absolute Gasteiger partial charge is 0.416 e. The monoisotopic (exact) mass is 515 g/mol. The Labute approximate surface area is 204 Å². The molecule has 5 rings (SSSR count). The number of benzene rings is 2. The van der Waals surface area contributed by atoms with Crippen molar-refractivity contribution in [2.75, 3.05) is 6.54 Å². The van der Waals surface area contributed by atoms with Crippen LogP contribution in [0, 0.1) is 0 Å². The van der Waals surface area contributed by atoms with E-state index in [1.54, 1.807) is 30.3 Å². The molecular weight excluding hydrogens is 495 g/mol. The third kappa shape index (κ3) is 4.63. The van der Waals surface area contributed by atoms with Gasteiger partial charge in [0.25, 0.3) is 10.0 Å². The maximum absolute atomic E-state index is 13.0. The van der Waals surface area contributed by atoms with Gasteiger partial charge in [-0.25, -0.2) is 18.4 Å². The molecule has 1 aliphatic rings. The maximum atomic E-state index is 13.0. The number of sulfonamides is 1. The van der Waals surface area contributed by atoms with Gasteiger partial charge in [-0.1, -0.05) is 30.3 Å². The summed E-state index contributed by atoms with van der Waals surface area (Å²) in [7, 11) is -3.96. The van der Waals surface area contributed by atoms with Gasteiger partial charge in [-0.15, -0.1) is 0 Å². The molecule has 1 fully saturated rings. The molecule has 7 nitrogen and oxygen atoms in total. The number of fused-ring (bicyclic) bond motifs is 1. The van der Waals surface area contributed by atoms with Crippen molar-refractivity contribution in [2.24, 2.45) is 0 Å². The average molecular weight is 516 g/mol. The number of rotatable bonds is 7. The van der Waals surface area contributed by atoms with E-state index in [1.807, 2.05) is 0 Å². The lowest BCUT2D eigenvalue weighted by Crippen LogP contribution is -2.54. The molecule has 1 aliphatic heterocycles. The fourth-order valence-corrected chi connectivity index (χ4v) is 5.72. The molecular formula is C25H20F3N3O4S. The molecule has 0 N–H and O–H groups in total. The second-order valence-corrected chi connectivity index (χ2v) is 10.3. The van der Waals surface area contributed by atoms with Crippen molar-refractivity contribution >= 4 is 26.8 Å². The molecule has 0 aliphatic carbocycles. The van der Waals surface area contributed by atoms with Crippen LogP contribution in [0.2, 0.25) is 0 Å². The van der Waals surface area contributed by atoms with Gasteiger partial charge in [-0.3, -0.25) is 4.79 Å². The summed E-state index contributed by atoms with van der Waals surface area (Å²) in [5, 5.41) is 0.463. The number of hydrogen-bond acceptors (Lipinski definition) is 6. The lowest BCUT2D eigenvalue weighted by atomic mass is 9.98. The zero-order valence-corrected chi connectivity index (χ0v) is 19.6. The molecule has 186 valence electrons. The average Bonchev–Trinajstić information content (AvgIpc) is 3.27. The van der Waals surface area contributed by atoms with Crippen molar-refractivity contribution < 1.29 is 30.8 Å². The van der Waals surface area contributed by atoms with Gasteiger partial charge in [0, 0.05) is 35.7 Å². The lowest BCUT2D eigenvalue weighted by Gasteiger charge is -2.37. The van der Waals surface area contributed by atoms with E-state index in [-0.39, 0.29) is 30.3 Å². The van der Waals surface area contributed by atoms with E-state index in [0.717, 1.165) is 16.4 Å². The van der Waals surface area contributed by atoms with Crippen LogP contribution >= 0.6 is 0 Å². The Morgan fingerprint density at radius 2 is 1.81 bits per heavy atom. The van der Waals surface area contributed by atoms with E-state index in [9.17, 15) is 26.4 Å². The van der Waals surface area contributed by atoms with Crippen LogP contribution in [0.25, 0.3) is 22.2 Å². The SMILES string of the molecule is O=C(CCc1cc(-c2ccc(C(F)(F)F)cc2)ncn1)[C@@H]1CCN1S(=O)(=O)c1cc2ccccc2o1. The fourth-order valence-electron chi connectivity index (χ4n) is 4.11. The number of aryl methyl sites for hydroxylation is 1. The predicted molar refractivity (Wildman–Crippen MR) is 124 cm³/mol. The van der Waals surface area contributed by atoms with Crippen LogP contribution in [0.3, 0.4) is 0 Å². The third-order valence-corrected chi connectivity index (χ3v) is 7.93. The van der Waals surface area contributed by atoms with E-state index in [2.05, 4.69) is 9.97 Å². The van der Waals surface area contributed by atoms with Gasteiger partial charge in [0.1, 0.15) is 11.9 Å². The number of halogens is 3. The summed E-state index contributed by atoms with van der Waals surface area (Å²) in [5.74, 6) is -0.240. The fraction of sp³-hybridized carbons (Fsp3) is 0.240. The highest BCUT2D eigenvalue weighted by atomic mass is 32.2. The minimum absolute atomic E-state index is 0.0558. The van der Waals surface area contributed by atoms with Gasteiger partial charge < -0.3 is 4.42 Å². The summed E-state index contributed by atoms with van der Waals surface area (Å²) >= 11 is 0. The van der Waals surface area contributed by atoms with Gasteiger partial charge in [0.05, 0.1) is 17.3 Å². The van der Waals surface area contributed by atoms with Crippen molar-refractivity contribution in [1.29, 1.82) is 0 Å². The van der Waals surface area contributed by atoms with E-state index in [1.165, 1.54) is 24.5 Å². The summed E-state index contributed by atoms with van der Waals surface area (Å²) < 4.78 is 71.2. The van der Waals surface area contributed by atoms with Crippen LogP contribution in [0.15, 0.2) is 76.5 Å². The number of carbonyl (C=O) groups excluding carboxylic acids is 1. The molecule has 3 heterocycles. The number of hydrogen-bond donors (Lipinski definition) is 0. The highest BCUT2D eigenvalue weighted by Gasteiger charge is 2.43. The Balaban J connectivity index is 1.25. The van der Waals surface area contributed by atoms with Crippen LogP contribution in [-0.2, 0) is 27.4 Å². The first-order chi connectivity index (χ1) is 17.1. The largest absolute Gasteiger partial charge is 0.443 e. The second kappa shape index (κ2) is 9.14. The predicted octanol–water partition coefficient (Wildman–Crippen LogP) is 4.87. The molecule has 36 heavy (non-hydrogen) atoms. The van der Waals surface area contributed by atoms with Gasteiger partial charge in [0.15, 0.2) is 5.78 Å². The molecule has 11 heteroatoms. The first-order valence-corrected chi connectivity index (χ1v) is 12.6. The quantitative estimate of drug-likeness (QED) is 0.349. The van der Waals surface area contributed by atoms with Crippen molar-refractivity contribution in [1.82, 2.24) is 14.3 Å². The molecule has 2 aromatic heterocycles. The summed E-state index contributed by atoms with van der Waals surface area (Å²) in [6.07, 6.45) is -2.43. The minimum Gasteiger partial charge on any atom is -0.443 e. The molecule has 4 aromatic rings. The Hall–Kier alpha value is -3.57. The van der Waals surface area contributed by atoms with Gasteiger partial charge in [-0.2, -0.15) is 17.5 Å². The zero-order valence-electron chi connectivity index (χ0n) is 18.8. The van der Waals surface area contributed by atoms with E-state index in [0.29, 0.717) is 34.3 Å². The number of para-hydroxylation sites is 1. The molecule has 0 radical (unpaired) electrons.